The Morgan fingerprint density at radius 1 is 1.26 bits per heavy atom. The van der Waals surface area contributed by atoms with E-state index in [1.165, 1.54) is 44.1 Å². The van der Waals surface area contributed by atoms with Crippen molar-refractivity contribution in [2.24, 2.45) is 11.1 Å². The van der Waals surface area contributed by atoms with Gasteiger partial charge in [0.05, 0.1) is 0 Å². The van der Waals surface area contributed by atoms with Gasteiger partial charge < -0.3 is 11.1 Å². The van der Waals surface area contributed by atoms with Gasteiger partial charge in [-0.3, -0.25) is 9.69 Å². The van der Waals surface area contributed by atoms with Crippen molar-refractivity contribution in [2.45, 2.75) is 77.3 Å². The number of amides is 1. The monoisotopic (exact) mass is 371 g/mol. The molecule has 2 bridgehead atoms. The van der Waals surface area contributed by atoms with Gasteiger partial charge in [-0.15, -0.1) is 0 Å². The second-order valence-electron chi connectivity index (χ2n) is 9.37. The number of hydrogen-bond donors (Lipinski definition) is 2. The Kier molecular flexibility index (Phi) is 6.59. The Hall–Kier alpha value is -1.39. The number of nitrogens with one attached hydrogen (secondary N) is 1. The first-order valence-corrected chi connectivity index (χ1v) is 10.8. The Labute approximate surface area is 164 Å². The summed E-state index contributed by atoms with van der Waals surface area (Å²) in [5.74, 6) is 0.240. The number of rotatable bonds is 9. The molecule has 3 N–H and O–H groups in total. The minimum absolute atomic E-state index is 0.325. The summed E-state index contributed by atoms with van der Waals surface area (Å²) < 4.78 is 0. The summed E-state index contributed by atoms with van der Waals surface area (Å²) in [6.07, 6.45) is 7.58. The molecule has 2 atom stereocenters. The van der Waals surface area contributed by atoms with Crippen LogP contribution in [0, 0.1) is 5.41 Å². The number of nitrogens with two attached hydrogens (primary N) is 1. The Bertz CT molecular complexity index is 628. The van der Waals surface area contributed by atoms with Gasteiger partial charge in [0.25, 0.3) is 0 Å². The van der Waals surface area contributed by atoms with Crippen LogP contribution in [-0.4, -0.2) is 42.5 Å². The van der Waals surface area contributed by atoms with Crippen LogP contribution in [0.3, 0.4) is 0 Å². The fourth-order valence-corrected chi connectivity index (χ4v) is 5.26. The standard InChI is InChI=1S/C23H37N3O/c1-4-10-23(2,3)16-25-11-12-26-20-8-9-21(26)15-19(14-20)17-6-5-7-18(13-17)22(24)27/h5-7,13,19-21,25H,4,8-12,14-16H2,1-3H3,(H2,24,27). The third-order valence-electron chi connectivity index (χ3n) is 6.60. The lowest BCUT2D eigenvalue weighted by molar-refractivity contribution is 0.1000. The van der Waals surface area contributed by atoms with Crippen molar-refractivity contribution >= 4 is 5.91 Å². The topological polar surface area (TPSA) is 58.4 Å². The second kappa shape index (κ2) is 8.74. The van der Waals surface area contributed by atoms with E-state index in [0.717, 1.165) is 19.6 Å². The van der Waals surface area contributed by atoms with Gasteiger partial charge in [-0.05, 0) is 61.1 Å². The van der Waals surface area contributed by atoms with E-state index in [1.807, 2.05) is 18.2 Å². The van der Waals surface area contributed by atoms with Gasteiger partial charge in [0, 0.05) is 37.3 Å². The van der Waals surface area contributed by atoms with Gasteiger partial charge in [-0.1, -0.05) is 39.3 Å². The minimum atomic E-state index is -0.325. The number of piperidine rings is 1. The highest BCUT2D eigenvalue weighted by molar-refractivity contribution is 5.92. The lowest BCUT2D eigenvalue weighted by atomic mass is 9.84. The molecule has 1 amide bonds. The molecular formula is C23H37N3O. The average Bonchev–Trinajstić information content (AvgIpc) is 2.86. The number of nitrogens with zero attached hydrogens (tertiary/aromatic N) is 1. The fraction of sp³-hybridized carbons (Fsp3) is 0.696. The first-order chi connectivity index (χ1) is 12.9. The van der Waals surface area contributed by atoms with E-state index in [0.29, 0.717) is 29.0 Å². The van der Waals surface area contributed by atoms with Crippen LogP contribution in [-0.2, 0) is 0 Å². The van der Waals surface area contributed by atoms with Crippen molar-refractivity contribution < 1.29 is 4.79 Å². The molecule has 4 heteroatoms. The van der Waals surface area contributed by atoms with E-state index >= 15 is 0 Å². The summed E-state index contributed by atoms with van der Waals surface area (Å²) >= 11 is 0. The first kappa shape index (κ1) is 20.3. The zero-order valence-corrected chi connectivity index (χ0v) is 17.3. The molecule has 4 nitrogen and oxygen atoms in total. The van der Waals surface area contributed by atoms with Crippen LogP contribution in [0.5, 0.6) is 0 Å². The van der Waals surface area contributed by atoms with E-state index in [1.54, 1.807) is 0 Å². The third-order valence-corrected chi connectivity index (χ3v) is 6.60. The molecule has 1 aromatic rings. The largest absolute Gasteiger partial charge is 0.366 e. The van der Waals surface area contributed by atoms with Crippen LogP contribution in [0.25, 0.3) is 0 Å². The maximum atomic E-state index is 11.5. The zero-order valence-electron chi connectivity index (χ0n) is 17.3. The molecular weight excluding hydrogens is 334 g/mol. The highest BCUT2D eigenvalue weighted by Crippen LogP contribution is 2.42. The van der Waals surface area contributed by atoms with E-state index in [-0.39, 0.29) is 5.91 Å². The smallest absolute Gasteiger partial charge is 0.248 e. The molecule has 2 aliphatic rings. The van der Waals surface area contributed by atoms with Crippen molar-refractivity contribution in [3.8, 4) is 0 Å². The quantitative estimate of drug-likeness (QED) is 0.647. The van der Waals surface area contributed by atoms with Crippen molar-refractivity contribution in [1.82, 2.24) is 10.2 Å². The van der Waals surface area contributed by atoms with E-state index in [4.69, 9.17) is 5.73 Å². The van der Waals surface area contributed by atoms with Crippen molar-refractivity contribution in [3.05, 3.63) is 35.4 Å². The van der Waals surface area contributed by atoms with Crippen LogP contribution in [0.4, 0.5) is 0 Å². The lowest BCUT2D eigenvalue weighted by Crippen LogP contribution is -2.46. The van der Waals surface area contributed by atoms with Gasteiger partial charge >= 0.3 is 0 Å². The SMILES string of the molecule is CCCC(C)(C)CNCCN1C2CCC1CC(c1cccc(C(N)=O)c1)C2. The average molecular weight is 372 g/mol. The van der Waals surface area contributed by atoms with Gasteiger partial charge in [0.2, 0.25) is 5.91 Å². The van der Waals surface area contributed by atoms with E-state index in [2.05, 4.69) is 37.1 Å². The summed E-state index contributed by atoms with van der Waals surface area (Å²) in [4.78, 5) is 14.2. The van der Waals surface area contributed by atoms with Crippen LogP contribution in [0.1, 0.15) is 81.1 Å². The van der Waals surface area contributed by atoms with Crippen LogP contribution >= 0.6 is 0 Å². The number of benzene rings is 1. The van der Waals surface area contributed by atoms with Crippen molar-refractivity contribution in [1.29, 1.82) is 0 Å². The highest BCUT2D eigenvalue weighted by Gasteiger charge is 2.40. The summed E-state index contributed by atoms with van der Waals surface area (Å²) in [6, 6.07) is 9.36. The highest BCUT2D eigenvalue weighted by atomic mass is 16.1. The molecule has 2 saturated heterocycles. The summed E-state index contributed by atoms with van der Waals surface area (Å²) in [7, 11) is 0. The van der Waals surface area contributed by atoms with Crippen molar-refractivity contribution in [2.75, 3.05) is 19.6 Å². The molecule has 3 rings (SSSR count). The molecule has 2 heterocycles. The molecule has 0 aliphatic carbocycles. The predicted octanol–water partition coefficient (Wildman–Crippen LogP) is 3.91. The second-order valence-corrected chi connectivity index (χ2v) is 9.37. The van der Waals surface area contributed by atoms with Gasteiger partial charge in [0.1, 0.15) is 0 Å². The predicted molar refractivity (Wildman–Crippen MR) is 112 cm³/mol. The Morgan fingerprint density at radius 2 is 1.96 bits per heavy atom. The maximum absolute atomic E-state index is 11.5. The molecule has 0 saturated carbocycles. The van der Waals surface area contributed by atoms with E-state index in [9.17, 15) is 4.79 Å². The lowest BCUT2D eigenvalue weighted by Gasteiger charge is -2.39. The fourth-order valence-electron chi connectivity index (χ4n) is 5.26. The minimum Gasteiger partial charge on any atom is -0.366 e. The van der Waals surface area contributed by atoms with Crippen molar-refractivity contribution in [3.63, 3.8) is 0 Å². The molecule has 0 aromatic heterocycles. The summed E-state index contributed by atoms with van der Waals surface area (Å²) in [5, 5.41) is 3.70. The maximum Gasteiger partial charge on any atom is 0.248 e. The van der Waals surface area contributed by atoms with Crippen LogP contribution in [0.15, 0.2) is 24.3 Å². The molecule has 0 radical (unpaired) electrons. The summed E-state index contributed by atoms with van der Waals surface area (Å²) in [5.41, 5.74) is 7.79. The Morgan fingerprint density at radius 3 is 2.59 bits per heavy atom. The number of carbonyl (C=O) groups is 1. The Balaban J connectivity index is 1.52. The van der Waals surface area contributed by atoms with Gasteiger partial charge in [0.15, 0.2) is 0 Å². The molecule has 27 heavy (non-hydrogen) atoms. The van der Waals surface area contributed by atoms with Crippen LogP contribution < -0.4 is 11.1 Å². The van der Waals surface area contributed by atoms with Gasteiger partial charge in [-0.25, -0.2) is 0 Å². The molecule has 1 aromatic carbocycles. The number of fused-ring (bicyclic) bond motifs is 2. The first-order valence-electron chi connectivity index (χ1n) is 10.8. The number of hydrogen-bond acceptors (Lipinski definition) is 3. The van der Waals surface area contributed by atoms with E-state index < -0.39 is 0 Å². The molecule has 2 unspecified atom stereocenters. The molecule has 2 fully saturated rings. The molecule has 150 valence electrons. The van der Waals surface area contributed by atoms with Gasteiger partial charge in [-0.2, -0.15) is 0 Å². The zero-order chi connectivity index (χ0) is 19.4. The molecule has 2 aliphatic heterocycles. The summed E-state index contributed by atoms with van der Waals surface area (Å²) in [6.45, 7) is 10.3. The number of primary amides is 1. The van der Waals surface area contributed by atoms with Crippen LogP contribution in [0.2, 0.25) is 0 Å². The number of carbonyl (C=O) groups excluding carboxylic acids is 1. The third kappa shape index (κ3) is 5.11. The normalized spacial score (nSPS) is 25.7. The molecule has 0 spiro atoms.